The van der Waals surface area contributed by atoms with Crippen molar-refractivity contribution in [1.82, 2.24) is 20.1 Å². The smallest absolute Gasteiger partial charge is 0.0710 e. The van der Waals surface area contributed by atoms with Gasteiger partial charge in [0.1, 0.15) is 0 Å². The highest BCUT2D eigenvalue weighted by molar-refractivity contribution is 5.61. The van der Waals surface area contributed by atoms with Gasteiger partial charge in [0.2, 0.25) is 0 Å². The lowest BCUT2D eigenvalue weighted by Gasteiger charge is -2.32. The van der Waals surface area contributed by atoms with Crippen LogP contribution in [0.15, 0.2) is 30.7 Å². The van der Waals surface area contributed by atoms with Crippen LogP contribution >= 0.6 is 0 Å². The van der Waals surface area contributed by atoms with Crippen molar-refractivity contribution in [3.05, 3.63) is 36.3 Å². The number of likely N-dealkylation sites (tertiary alicyclic amines) is 1. The summed E-state index contributed by atoms with van der Waals surface area (Å²) in [6.07, 6.45) is 8.15. The van der Waals surface area contributed by atoms with Gasteiger partial charge in [0.15, 0.2) is 0 Å². The molecule has 0 bridgehead atoms. The molecule has 3 heterocycles. The largest absolute Gasteiger partial charge is 0.382 e. The first-order chi connectivity index (χ1) is 11.4. The molecule has 6 heteroatoms. The van der Waals surface area contributed by atoms with E-state index in [2.05, 4.69) is 26.1 Å². The molecule has 0 saturated carbocycles. The zero-order valence-electron chi connectivity index (χ0n) is 13.6. The number of piperidine rings is 1. The Morgan fingerprint density at radius 2 is 2.30 bits per heavy atom. The fourth-order valence-electron chi connectivity index (χ4n) is 3.02. The highest BCUT2D eigenvalue weighted by Gasteiger charge is 2.21. The standard InChI is InChI=1S/C17H24N4O2/c1-22-8-9-23-16-5-3-7-21(13-16)12-15-11-19-20-17(15)14-4-2-6-18-10-14/h2,4,6,10-11,16H,3,5,7-9,12-13H2,1H3,(H,19,20). The van der Waals surface area contributed by atoms with E-state index in [1.807, 2.05) is 18.5 Å². The molecule has 1 aliphatic rings. The monoisotopic (exact) mass is 316 g/mol. The summed E-state index contributed by atoms with van der Waals surface area (Å²) in [6.45, 7) is 4.26. The van der Waals surface area contributed by atoms with Crippen molar-refractivity contribution >= 4 is 0 Å². The van der Waals surface area contributed by atoms with Gasteiger partial charge in [-0.2, -0.15) is 5.10 Å². The minimum atomic E-state index is 0.299. The highest BCUT2D eigenvalue weighted by atomic mass is 16.5. The summed E-state index contributed by atoms with van der Waals surface area (Å²) < 4.78 is 10.9. The molecule has 1 aliphatic heterocycles. The summed E-state index contributed by atoms with van der Waals surface area (Å²) in [6, 6.07) is 4.00. The Hall–Kier alpha value is -1.76. The lowest BCUT2D eigenvalue weighted by molar-refractivity contribution is -0.0223. The average molecular weight is 316 g/mol. The Morgan fingerprint density at radius 3 is 3.13 bits per heavy atom. The number of hydrogen-bond acceptors (Lipinski definition) is 5. The highest BCUT2D eigenvalue weighted by Crippen LogP contribution is 2.23. The van der Waals surface area contributed by atoms with Gasteiger partial charge in [-0.05, 0) is 31.5 Å². The van der Waals surface area contributed by atoms with Crippen LogP contribution in [0.1, 0.15) is 18.4 Å². The summed E-state index contributed by atoms with van der Waals surface area (Å²) in [7, 11) is 1.70. The molecule has 124 valence electrons. The van der Waals surface area contributed by atoms with Crippen molar-refractivity contribution in [3.8, 4) is 11.3 Å². The number of H-pyrrole nitrogens is 1. The number of pyridine rings is 1. The van der Waals surface area contributed by atoms with Gasteiger partial charge in [-0.1, -0.05) is 0 Å². The van der Waals surface area contributed by atoms with Gasteiger partial charge < -0.3 is 9.47 Å². The van der Waals surface area contributed by atoms with Crippen LogP contribution in [0.4, 0.5) is 0 Å². The topological polar surface area (TPSA) is 63.3 Å². The summed E-state index contributed by atoms with van der Waals surface area (Å²) in [5, 5.41) is 7.32. The molecule has 1 N–H and O–H groups in total. The maximum absolute atomic E-state index is 5.89. The predicted octanol–water partition coefficient (Wildman–Crippen LogP) is 2.10. The maximum Gasteiger partial charge on any atom is 0.0710 e. The Kier molecular flexibility index (Phi) is 5.74. The van der Waals surface area contributed by atoms with Crippen LogP contribution in [0.2, 0.25) is 0 Å². The number of nitrogens with zero attached hydrogens (tertiary/aromatic N) is 3. The van der Waals surface area contributed by atoms with E-state index in [1.165, 1.54) is 5.56 Å². The van der Waals surface area contributed by atoms with E-state index in [4.69, 9.17) is 9.47 Å². The minimum Gasteiger partial charge on any atom is -0.382 e. The fraction of sp³-hybridized carbons (Fsp3) is 0.529. The quantitative estimate of drug-likeness (QED) is 0.793. The van der Waals surface area contributed by atoms with E-state index in [9.17, 15) is 0 Å². The van der Waals surface area contributed by atoms with E-state index in [0.29, 0.717) is 19.3 Å². The molecule has 23 heavy (non-hydrogen) atoms. The van der Waals surface area contributed by atoms with Crippen LogP contribution in [0, 0.1) is 0 Å². The van der Waals surface area contributed by atoms with E-state index in [0.717, 1.165) is 43.7 Å². The Balaban J connectivity index is 1.60. The summed E-state index contributed by atoms with van der Waals surface area (Å²) in [4.78, 5) is 6.63. The molecule has 6 nitrogen and oxygen atoms in total. The molecule has 1 atom stereocenters. The molecule has 0 amide bonds. The number of ether oxygens (including phenoxy) is 2. The van der Waals surface area contributed by atoms with Crippen LogP contribution in [0.25, 0.3) is 11.3 Å². The number of hydrogen-bond donors (Lipinski definition) is 1. The normalized spacial score (nSPS) is 19.1. The summed E-state index contributed by atoms with van der Waals surface area (Å²) >= 11 is 0. The Morgan fingerprint density at radius 1 is 1.35 bits per heavy atom. The predicted molar refractivity (Wildman–Crippen MR) is 87.9 cm³/mol. The second-order valence-corrected chi connectivity index (χ2v) is 5.87. The summed E-state index contributed by atoms with van der Waals surface area (Å²) in [5.74, 6) is 0. The van der Waals surface area contributed by atoms with Crippen LogP contribution in [0.3, 0.4) is 0 Å². The van der Waals surface area contributed by atoms with Gasteiger partial charge in [0.25, 0.3) is 0 Å². The van der Waals surface area contributed by atoms with E-state index in [-0.39, 0.29) is 0 Å². The van der Waals surface area contributed by atoms with Crippen molar-refractivity contribution in [2.75, 3.05) is 33.4 Å². The van der Waals surface area contributed by atoms with Crippen LogP contribution in [-0.4, -0.2) is 59.6 Å². The van der Waals surface area contributed by atoms with E-state index in [1.54, 1.807) is 13.3 Å². The first kappa shape index (κ1) is 16.1. The van der Waals surface area contributed by atoms with Gasteiger partial charge >= 0.3 is 0 Å². The third-order valence-corrected chi connectivity index (χ3v) is 4.17. The van der Waals surface area contributed by atoms with Crippen LogP contribution in [0.5, 0.6) is 0 Å². The first-order valence-corrected chi connectivity index (χ1v) is 8.12. The summed E-state index contributed by atoms with van der Waals surface area (Å²) in [5.41, 5.74) is 3.33. The SMILES string of the molecule is COCCOC1CCCN(Cc2cn[nH]c2-c2cccnc2)C1. The third-order valence-electron chi connectivity index (χ3n) is 4.17. The number of aromatic amines is 1. The average Bonchev–Trinajstić information content (AvgIpc) is 3.04. The van der Waals surface area contributed by atoms with E-state index < -0.39 is 0 Å². The molecular weight excluding hydrogens is 292 g/mol. The molecule has 0 radical (unpaired) electrons. The van der Waals surface area contributed by atoms with Gasteiger partial charge in [0.05, 0.1) is 31.2 Å². The van der Waals surface area contributed by atoms with Crippen molar-refractivity contribution in [3.63, 3.8) is 0 Å². The molecule has 0 spiro atoms. The Labute approximate surface area is 136 Å². The second-order valence-electron chi connectivity index (χ2n) is 5.87. The molecule has 1 fully saturated rings. The maximum atomic E-state index is 5.89. The number of nitrogens with one attached hydrogen (secondary N) is 1. The molecular formula is C17H24N4O2. The van der Waals surface area contributed by atoms with Crippen molar-refractivity contribution < 1.29 is 9.47 Å². The number of methoxy groups -OCH3 is 1. The second kappa shape index (κ2) is 8.19. The van der Waals surface area contributed by atoms with Gasteiger partial charge in [0, 0.05) is 43.7 Å². The lowest BCUT2D eigenvalue weighted by Crippen LogP contribution is -2.39. The molecule has 3 rings (SSSR count). The molecule has 1 saturated heterocycles. The number of rotatable bonds is 7. The minimum absolute atomic E-state index is 0.299. The van der Waals surface area contributed by atoms with Crippen molar-refractivity contribution in [2.24, 2.45) is 0 Å². The fourth-order valence-corrected chi connectivity index (χ4v) is 3.02. The first-order valence-electron chi connectivity index (χ1n) is 8.12. The zero-order chi connectivity index (χ0) is 15.9. The van der Waals surface area contributed by atoms with Crippen molar-refractivity contribution in [1.29, 1.82) is 0 Å². The molecule has 0 aromatic carbocycles. The lowest BCUT2D eigenvalue weighted by atomic mass is 10.1. The molecule has 1 unspecified atom stereocenters. The molecule has 2 aromatic rings. The van der Waals surface area contributed by atoms with E-state index >= 15 is 0 Å². The van der Waals surface area contributed by atoms with Gasteiger partial charge in [-0.3, -0.25) is 15.0 Å². The van der Waals surface area contributed by atoms with Crippen LogP contribution < -0.4 is 0 Å². The number of aromatic nitrogens is 3. The third kappa shape index (κ3) is 4.37. The van der Waals surface area contributed by atoms with Gasteiger partial charge in [-0.25, -0.2) is 0 Å². The molecule has 2 aromatic heterocycles. The zero-order valence-corrected chi connectivity index (χ0v) is 13.6. The van der Waals surface area contributed by atoms with Crippen molar-refractivity contribution in [2.45, 2.75) is 25.5 Å². The van der Waals surface area contributed by atoms with Crippen LogP contribution in [-0.2, 0) is 16.0 Å². The Bertz CT molecular complexity index is 587. The molecule has 0 aliphatic carbocycles. The van der Waals surface area contributed by atoms with Gasteiger partial charge in [-0.15, -0.1) is 0 Å².